The number of aliphatic imine (C=N–C) groups is 1. The number of guanidine groups is 1. The van der Waals surface area contributed by atoms with Gasteiger partial charge >= 0.3 is 0 Å². The summed E-state index contributed by atoms with van der Waals surface area (Å²) in [7, 11) is 1.69. The van der Waals surface area contributed by atoms with E-state index in [0.717, 1.165) is 24.3 Å². The van der Waals surface area contributed by atoms with Crippen LogP contribution in [0.4, 0.5) is 0 Å². The Hall–Kier alpha value is -1.71. The Kier molecular flexibility index (Phi) is 2.99. The first-order chi connectivity index (χ1) is 7.70. The number of rotatable bonds is 2. The van der Waals surface area contributed by atoms with Crippen molar-refractivity contribution in [3.05, 3.63) is 29.3 Å². The number of nitrogens with one attached hydrogen (secondary N) is 1. The van der Waals surface area contributed by atoms with E-state index in [9.17, 15) is 0 Å². The van der Waals surface area contributed by atoms with Gasteiger partial charge in [0.1, 0.15) is 5.75 Å². The third-order valence-corrected chi connectivity index (χ3v) is 2.78. The smallest absolute Gasteiger partial charge is 0.189 e. The van der Waals surface area contributed by atoms with Crippen LogP contribution in [0.25, 0.3) is 0 Å². The number of methoxy groups -OCH3 is 1. The molecule has 0 spiro atoms. The Bertz CT molecular complexity index is 415. The minimum Gasteiger partial charge on any atom is -0.496 e. The van der Waals surface area contributed by atoms with Crippen LogP contribution < -0.4 is 15.8 Å². The molecule has 86 valence electrons. The van der Waals surface area contributed by atoms with Crippen molar-refractivity contribution in [2.75, 3.05) is 13.7 Å². The lowest BCUT2D eigenvalue weighted by atomic mass is 10.00. The van der Waals surface area contributed by atoms with Gasteiger partial charge in [0.15, 0.2) is 5.96 Å². The van der Waals surface area contributed by atoms with E-state index >= 15 is 0 Å². The minimum atomic E-state index is 0.201. The molecule has 1 aliphatic rings. The maximum atomic E-state index is 5.69. The van der Waals surface area contributed by atoms with Gasteiger partial charge in [-0.05, 0) is 19.4 Å². The highest BCUT2D eigenvalue weighted by molar-refractivity contribution is 5.79. The van der Waals surface area contributed by atoms with Crippen molar-refractivity contribution < 1.29 is 4.74 Å². The number of nitrogens with zero attached hydrogens (tertiary/aromatic N) is 1. The van der Waals surface area contributed by atoms with Crippen LogP contribution >= 0.6 is 0 Å². The van der Waals surface area contributed by atoms with Crippen LogP contribution in [-0.2, 0) is 0 Å². The fourth-order valence-corrected chi connectivity index (χ4v) is 1.97. The Balaban J connectivity index is 2.31. The van der Waals surface area contributed by atoms with Gasteiger partial charge in [0.05, 0.1) is 13.2 Å². The van der Waals surface area contributed by atoms with Crippen molar-refractivity contribution in [2.45, 2.75) is 19.4 Å². The number of hydrogen-bond acceptors (Lipinski definition) is 4. The summed E-state index contributed by atoms with van der Waals surface area (Å²) in [6.07, 6.45) is 0.945. The second-order valence-corrected chi connectivity index (χ2v) is 4.00. The van der Waals surface area contributed by atoms with Crippen LogP contribution in [0.15, 0.2) is 23.2 Å². The highest BCUT2D eigenvalue weighted by Gasteiger charge is 2.19. The zero-order valence-electron chi connectivity index (χ0n) is 9.66. The molecule has 0 bridgehead atoms. The van der Waals surface area contributed by atoms with Gasteiger partial charge in [-0.2, -0.15) is 0 Å². The molecule has 1 unspecified atom stereocenters. The number of benzene rings is 1. The lowest BCUT2D eigenvalue weighted by molar-refractivity contribution is 0.400. The predicted molar refractivity (Wildman–Crippen MR) is 64.7 cm³/mol. The molecule has 0 saturated carbocycles. The molecule has 1 atom stereocenters. The maximum absolute atomic E-state index is 5.69. The first-order valence-electron chi connectivity index (χ1n) is 5.41. The van der Waals surface area contributed by atoms with E-state index in [0.29, 0.717) is 5.96 Å². The first kappa shape index (κ1) is 10.8. The lowest BCUT2D eigenvalue weighted by Gasteiger charge is -2.24. The third-order valence-electron chi connectivity index (χ3n) is 2.78. The van der Waals surface area contributed by atoms with Crippen molar-refractivity contribution in [3.63, 3.8) is 0 Å². The van der Waals surface area contributed by atoms with E-state index in [1.54, 1.807) is 7.11 Å². The van der Waals surface area contributed by atoms with E-state index in [1.165, 1.54) is 5.56 Å². The molecular formula is C12H17N3O. The first-order valence-corrected chi connectivity index (χ1v) is 5.41. The summed E-state index contributed by atoms with van der Waals surface area (Å²) in [5.74, 6) is 1.41. The van der Waals surface area contributed by atoms with Crippen molar-refractivity contribution >= 4 is 5.96 Å². The van der Waals surface area contributed by atoms with Crippen molar-refractivity contribution in [3.8, 4) is 5.75 Å². The second kappa shape index (κ2) is 4.43. The molecule has 0 amide bonds. The van der Waals surface area contributed by atoms with Gasteiger partial charge in [0.2, 0.25) is 0 Å². The maximum Gasteiger partial charge on any atom is 0.189 e. The number of hydrogen-bond donors (Lipinski definition) is 2. The monoisotopic (exact) mass is 219 g/mol. The summed E-state index contributed by atoms with van der Waals surface area (Å²) in [5, 5.41) is 3.18. The fraction of sp³-hybridized carbons (Fsp3) is 0.417. The molecule has 4 heteroatoms. The molecule has 2 rings (SSSR count). The molecule has 1 aromatic rings. The third kappa shape index (κ3) is 2.10. The summed E-state index contributed by atoms with van der Waals surface area (Å²) in [5.41, 5.74) is 8.06. The molecule has 3 N–H and O–H groups in total. The Morgan fingerprint density at radius 1 is 1.50 bits per heavy atom. The normalized spacial score (nSPS) is 19.9. The SMILES string of the molecule is COc1ccc(C)cc1C1CCN=C(N)N1. The molecule has 16 heavy (non-hydrogen) atoms. The fourth-order valence-electron chi connectivity index (χ4n) is 1.97. The van der Waals surface area contributed by atoms with Gasteiger partial charge in [0, 0.05) is 12.1 Å². The topological polar surface area (TPSA) is 59.6 Å². The van der Waals surface area contributed by atoms with Gasteiger partial charge in [-0.3, -0.25) is 4.99 Å². The number of nitrogens with two attached hydrogens (primary N) is 1. The molecular weight excluding hydrogens is 202 g/mol. The standard InChI is InChI=1S/C12H17N3O/c1-8-3-4-11(16-2)9(7-8)10-5-6-14-12(13)15-10/h3-4,7,10H,5-6H2,1-2H3,(H3,13,14,15). The van der Waals surface area contributed by atoms with E-state index in [2.05, 4.69) is 23.3 Å². The summed E-state index contributed by atoms with van der Waals surface area (Å²) >= 11 is 0. The second-order valence-electron chi connectivity index (χ2n) is 4.00. The van der Waals surface area contributed by atoms with E-state index in [-0.39, 0.29) is 6.04 Å². The molecule has 4 nitrogen and oxygen atoms in total. The average molecular weight is 219 g/mol. The van der Waals surface area contributed by atoms with Gasteiger partial charge in [-0.15, -0.1) is 0 Å². The van der Waals surface area contributed by atoms with Gasteiger partial charge in [-0.25, -0.2) is 0 Å². The summed E-state index contributed by atoms with van der Waals surface area (Å²) in [6.45, 7) is 2.84. The molecule has 1 aromatic carbocycles. The zero-order valence-corrected chi connectivity index (χ0v) is 9.66. The number of aryl methyl sites for hydroxylation is 1. The molecule has 0 saturated heterocycles. The zero-order chi connectivity index (χ0) is 11.5. The average Bonchev–Trinajstić information content (AvgIpc) is 2.29. The highest BCUT2D eigenvalue weighted by Crippen LogP contribution is 2.29. The van der Waals surface area contributed by atoms with E-state index in [4.69, 9.17) is 10.5 Å². The Morgan fingerprint density at radius 2 is 2.31 bits per heavy atom. The van der Waals surface area contributed by atoms with Crippen LogP contribution in [0.3, 0.4) is 0 Å². The van der Waals surface area contributed by atoms with E-state index < -0.39 is 0 Å². The predicted octanol–water partition coefficient (Wildman–Crippen LogP) is 1.35. The molecule has 0 fully saturated rings. The molecule has 1 heterocycles. The van der Waals surface area contributed by atoms with Crippen LogP contribution in [0.2, 0.25) is 0 Å². The van der Waals surface area contributed by atoms with Crippen LogP contribution in [-0.4, -0.2) is 19.6 Å². The number of ether oxygens (including phenoxy) is 1. The Labute approximate surface area is 95.5 Å². The van der Waals surface area contributed by atoms with E-state index in [1.807, 2.05) is 12.1 Å². The highest BCUT2D eigenvalue weighted by atomic mass is 16.5. The van der Waals surface area contributed by atoms with Crippen molar-refractivity contribution in [1.29, 1.82) is 0 Å². The molecule has 0 aromatic heterocycles. The van der Waals surface area contributed by atoms with Crippen LogP contribution in [0.1, 0.15) is 23.6 Å². The van der Waals surface area contributed by atoms with Crippen LogP contribution in [0, 0.1) is 6.92 Å². The lowest BCUT2D eigenvalue weighted by Crippen LogP contribution is -2.38. The minimum absolute atomic E-state index is 0.201. The van der Waals surface area contributed by atoms with Crippen molar-refractivity contribution in [2.24, 2.45) is 10.7 Å². The molecule has 0 radical (unpaired) electrons. The largest absolute Gasteiger partial charge is 0.496 e. The summed E-state index contributed by atoms with van der Waals surface area (Å²) in [4.78, 5) is 4.13. The van der Waals surface area contributed by atoms with Gasteiger partial charge < -0.3 is 15.8 Å². The summed E-state index contributed by atoms with van der Waals surface area (Å²) < 4.78 is 5.37. The molecule has 0 aliphatic carbocycles. The van der Waals surface area contributed by atoms with Gasteiger partial charge in [-0.1, -0.05) is 17.7 Å². The molecule has 1 aliphatic heterocycles. The van der Waals surface area contributed by atoms with Crippen LogP contribution in [0.5, 0.6) is 5.75 Å². The van der Waals surface area contributed by atoms with Crippen molar-refractivity contribution in [1.82, 2.24) is 5.32 Å². The summed E-state index contributed by atoms with van der Waals surface area (Å²) in [6, 6.07) is 6.37. The Morgan fingerprint density at radius 3 is 3.00 bits per heavy atom. The van der Waals surface area contributed by atoms with Gasteiger partial charge in [0.25, 0.3) is 0 Å². The quantitative estimate of drug-likeness (QED) is 0.789.